The van der Waals surface area contributed by atoms with E-state index in [1.807, 2.05) is 35.9 Å². The summed E-state index contributed by atoms with van der Waals surface area (Å²) in [6, 6.07) is 14.0. The highest BCUT2D eigenvalue weighted by Crippen LogP contribution is 2.17. The van der Waals surface area contributed by atoms with Gasteiger partial charge >= 0.3 is 0 Å². The minimum atomic E-state index is -1.20. The maximum atomic E-state index is 10.7. The lowest BCUT2D eigenvalue weighted by Gasteiger charge is -2.07. The number of fused-ring (bicyclic) bond motifs is 1. The van der Waals surface area contributed by atoms with Crippen LogP contribution in [0.25, 0.3) is 11.0 Å². The third-order valence-corrected chi connectivity index (χ3v) is 3.34. The minimum absolute atomic E-state index is 0.130. The molecule has 5 heteroatoms. The van der Waals surface area contributed by atoms with Gasteiger partial charge in [0.2, 0.25) is 0 Å². The predicted molar refractivity (Wildman–Crippen MR) is 75.8 cm³/mol. The average Bonchev–Trinajstić information content (AvgIpc) is 2.82. The molecule has 0 N–H and O–H groups in total. The van der Waals surface area contributed by atoms with E-state index in [0.717, 1.165) is 16.9 Å². The van der Waals surface area contributed by atoms with E-state index in [2.05, 4.69) is 4.98 Å². The van der Waals surface area contributed by atoms with Crippen LogP contribution in [0, 0.1) is 0 Å². The Kier molecular flexibility index (Phi) is 3.31. The first kappa shape index (κ1) is 13.2. The molecule has 0 aliphatic heterocycles. The van der Waals surface area contributed by atoms with E-state index < -0.39 is 5.97 Å². The lowest BCUT2D eigenvalue weighted by Crippen LogP contribution is -2.21. The number of aromatic nitrogens is 2. The van der Waals surface area contributed by atoms with Gasteiger partial charge in [0.1, 0.15) is 18.2 Å². The molecule has 0 spiro atoms. The zero-order chi connectivity index (χ0) is 14.8. The van der Waals surface area contributed by atoms with E-state index >= 15 is 0 Å². The van der Waals surface area contributed by atoms with Gasteiger partial charge in [0.25, 0.3) is 0 Å². The van der Waals surface area contributed by atoms with Crippen LogP contribution in [-0.4, -0.2) is 15.5 Å². The van der Waals surface area contributed by atoms with Crippen LogP contribution in [0.5, 0.6) is 5.75 Å². The van der Waals surface area contributed by atoms with Crippen molar-refractivity contribution in [2.24, 2.45) is 7.05 Å². The van der Waals surface area contributed by atoms with Crippen LogP contribution in [0.3, 0.4) is 0 Å². The fraction of sp³-hybridized carbons (Fsp3) is 0.125. The van der Waals surface area contributed by atoms with E-state index in [9.17, 15) is 9.90 Å². The highest BCUT2D eigenvalue weighted by molar-refractivity contribution is 5.85. The standard InChI is InChI=1S/C16H14N2O3/c1-18-14-5-3-2-4-13(14)17-15(18)10-21-12-8-6-11(7-9-12)16(19)20/h2-9H,10H2,1H3,(H,19,20)/p-1. The van der Waals surface area contributed by atoms with Crippen molar-refractivity contribution in [2.45, 2.75) is 6.61 Å². The SMILES string of the molecule is Cn1c(COc2ccc(C(=O)[O-])cc2)nc2ccccc21. The van der Waals surface area contributed by atoms with Gasteiger partial charge in [-0.05, 0) is 42.0 Å². The summed E-state index contributed by atoms with van der Waals surface area (Å²) in [5.74, 6) is 0.198. The lowest BCUT2D eigenvalue weighted by atomic mass is 10.2. The van der Waals surface area contributed by atoms with Crippen molar-refractivity contribution >= 4 is 17.0 Å². The second kappa shape index (κ2) is 5.28. The summed E-state index contributed by atoms with van der Waals surface area (Å²) in [7, 11) is 1.94. The van der Waals surface area contributed by atoms with Gasteiger partial charge < -0.3 is 19.2 Å². The van der Waals surface area contributed by atoms with E-state index in [1.54, 1.807) is 12.1 Å². The molecular formula is C16H13N2O3-. The summed E-state index contributed by atoms with van der Waals surface area (Å²) >= 11 is 0. The van der Waals surface area contributed by atoms with Crippen molar-refractivity contribution in [1.29, 1.82) is 0 Å². The number of imidazole rings is 1. The van der Waals surface area contributed by atoms with Gasteiger partial charge in [-0.3, -0.25) is 0 Å². The normalized spacial score (nSPS) is 10.7. The molecular weight excluding hydrogens is 268 g/mol. The molecule has 3 rings (SSSR count). The van der Waals surface area contributed by atoms with Crippen LogP contribution in [0.1, 0.15) is 16.2 Å². The fourth-order valence-corrected chi connectivity index (χ4v) is 2.16. The summed E-state index contributed by atoms with van der Waals surface area (Å²) in [4.78, 5) is 15.2. The molecule has 0 unspecified atom stereocenters. The summed E-state index contributed by atoms with van der Waals surface area (Å²) in [6.07, 6.45) is 0. The second-order valence-corrected chi connectivity index (χ2v) is 4.68. The predicted octanol–water partition coefficient (Wildman–Crippen LogP) is 1.52. The zero-order valence-electron chi connectivity index (χ0n) is 11.4. The van der Waals surface area contributed by atoms with Crippen molar-refractivity contribution in [1.82, 2.24) is 9.55 Å². The highest BCUT2D eigenvalue weighted by atomic mass is 16.5. The molecule has 106 valence electrons. The van der Waals surface area contributed by atoms with Crippen LogP contribution >= 0.6 is 0 Å². The van der Waals surface area contributed by atoms with Gasteiger partial charge in [-0.15, -0.1) is 0 Å². The van der Waals surface area contributed by atoms with Gasteiger partial charge in [0.15, 0.2) is 0 Å². The molecule has 0 bridgehead atoms. The van der Waals surface area contributed by atoms with Gasteiger partial charge in [-0.2, -0.15) is 0 Å². The molecule has 2 aromatic carbocycles. The first-order chi connectivity index (χ1) is 10.1. The number of ether oxygens (including phenoxy) is 1. The number of hydrogen-bond acceptors (Lipinski definition) is 4. The van der Waals surface area contributed by atoms with Crippen molar-refractivity contribution in [2.75, 3.05) is 0 Å². The van der Waals surface area contributed by atoms with Crippen molar-refractivity contribution in [3.05, 3.63) is 59.9 Å². The van der Waals surface area contributed by atoms with Gasteiger partial charge in [-0.25, -0.2) is 4.98 Å². The monoisotopic (exact) mass is 281 g/mol. The molecule has 0 aliphatic carbocycles. The number of para-hydroxylation sites is 2. The first-order valence-electron chi connectivity index (χ1n) is 6.49. The summed E-state index contributed by atoms with van der Waals surface area (Å²) < 4.78 is 7.62. The topological polar surface area (TPSA) is 67.2 Å². The number of carboxylic acid groups (broad SMARTS) is 1. The lowest BCUT2D eigenvalue weighted by molar-refractivity contribution is -0.255. The summed E-state index contributed by atoms with van der Waals surface area (Å²) in [5.41, 5.74) is 2.10. The molecule has 1 aromatic heterocycles. The third kappa shape index (κ3) is 2.58. The van der Waals surface area contributed by atoms with Gasteiger partial charge in [0.05, 0.1) is 17.0 Å². The minimum Gasteiger partial charge on any atom is -0.545 e. The Morgan fingerprint density at radius 1 is 1.19 bits per heavy atom. The highest BCUT2D eigenvalue weighted by Gasteiger charge is 2.07. The Bertz CT molecular complexity index is 791. The quantitative estimate of drug-likeness (QED) is 0.727. The molecule has 0 radical (unpaired) electrons. The number of hydrogen-bond donors (Lipinski definition) is 0. The number of carboxylic acids is 1. The number of carbonyl (C=O) groups is 1. The second-order valence-electron chi connectivity index (χ2n) is 4.68. The van der Waals surface area contributed by atoms with Gasteiger partial charge in [0, 0.05) is 7.05 Å². The smallest absolute Gasteiger partial charge is 0.147 e. The molecule has 0 saturated carbocycles. The molecule has 1 heterocycles. The molecule has 21 heavy (non-hydrogen) atoms. The maximum Gasteiger partial charge on any atom is 0.147 e. The van der Waals surface area contributed by atoms with Crippen LogP contribution in [0.2, 0.25) is 0 Å². The number of aromatic carboxylic acids is 1. The van der Waals surface area contributed by atoms with Crippen LogP contribution in [0.15, 0.2) is 48.5 Å². The van der Waals surface area contributed by atoms with E-state index in [-0.39, 0.29) is 5.56 Å². The van der Waals surface area contributed by atoms with Crippen molar-refractivity contribution in [3.63, 3.8) is 0 Å². The zero-order valence-corrected chi connectivity index (χ0v) is 11.4. The number of benzene rings is 2. The molecule has 0 aliphatic rings. The number of aryl methyl sites for hydroxylation is 1. The Labute approximate surface area is 121 Å². The Hall–Kier alpha value is -2.82. The largest absolute Gasteiger partial charge is 0.545 e. The van der Waals surface area contributed by atoms with Gasteiger partial charge in [-0.1, -0.05) is 12.1 Å². The first-order valence-corrected chi connectivity index (χ1v) is 6.49. The summed E-state index contributed by atoms with van der Waals surface area (Å²) in [5, 5.41) is 10.7. The van der Waals surface area contributed by atoms with E-state index in [0.29, 0.717) is 12.4 Å². The van der Waals surface area contributed by atoms with Crippen molar-refractivity contribution in [3.8, 4) is 5.75 Å². The van der Waals surface area contributed by atoms with E-state index in [1.165, 1.54) is 12.1 Å². The molecule has 0 saturated heterocycles. The Balaban J connectivity index is 1.77. The third-order valence-electron chi connectivity index (χ3n) is 3.34. The molecule has 5 nitrogen and oxygen atoms in total. The summed E-state index contributed by atoms with van der Waals surface area (Å²) in [6.45, 7) is 0.315. The maximum absolute atomic E-state index is 10.7. The molecule has 0 fully saturated rings. The van der Waals surface area contributed by atoms with Crippen molar-refractivity contribution < 1.29 is 14.6 Å². The number of nitrogens with zero attached hydrogens (tertiary/aromatic N) is 2. The van der Waals surface area contributed by atoms with E-state index in [4.69, 9.17) is 4.74 Å². The van der Waals surface area contributed by atoms with Crippen LogP contribution in [-0.2, 0) is 13.7 Å². The number of rotatable bonds is 4. The Morgan fingerprint density at radius 3 is 2.57 bits per heavy atom. The molecule has 0 amide bonds. The van der Waals surface area contributed by atoms with Crippen LogP contribution < -0.4 is 9.84 Å². The number of carbonyl (C=O) groups excluding carboxylic acids is 1. The molecule has 3 aromatic rings. The molecule has 0 atom stereocenters. The Morgan fingerprint density at radius 2 is 1.90 bits per heavy atom. The average molecular weight is 281 g/mol. The van der Waals surface area contributed by atoms with Crippen LogP contribution in [0.4, 0.5) is 0 Å². The fourth-order valence-electron chi connectivity index (χ4n) is 2.16.